The molecule has 3 rings (SSSR count). The lowest BCUT2D eigenvalue weighted by Crippen LogP contribution is -2.11. The Kier molecular flexibility index (Phi) is 3.38. The highest BCUT2D eigenvalue weighted by atomic mass is 32.1. The summed E-state index contributed by atoms with van der Waals surface area (Å²) >= 11 is 1.26. The number of nitro groups is 1. The monoisotopic (exact) mass is 317 g/mol. The number of non-ortho nitro benzene ring substituents is 1. The van der Waals surface area contributed by atoms with Crippen LogP contribution in [-0.4, -0.2) is 15.8 Å². The normalized spacial score (nSPS) is 10.8. The van der Waals surface area contributed by atoms with Gasteiger partial charge < -0.3 is 4.42 Å². The summed E-state index contributed by atoms with van der Waals surface area (Å²) in [4.78, 5) is 26.7. The van der Waals surface area contributed by atoms with Gasteiger partial charge in [0, 0.05) is 12.1 Å². The van der Waals surface area contributed by atoms with Gasteiger partial charge in [-0.15, -0.1) is 0 Å². The predicted octanol–water partition coefficient (Wildman–Crippen LogP) is 3.67. The molecule has 2 aromatic heterocycles. The smallest absolute Gasteiger partial charge is 0.271 e. The summed E-state index contributed by atoms with van der Waals surface area (Å²) in [6.45, 7) is 3.48. The van der Waals surface area contributed by atoms with E-state index in [1.165, 1.54) is 23.5 Å². The summed E-state index contributed by atoms with van der Waals surface area (Å²) in [7, 11) is 0. The standard InChI is InChI=1S/C14H11N3O4S/c1-7-5-10(8(2)21-7)13(18)16-14-15-11-6-9(17(19)20)3-4-12(11)22-14/h3-6H,1-2H3,(H,15,16,18). The molecule has 0 aliphatic heterocycles. The van der Waals surface area contributed by atoms with E-state index in [1.54, 1.807) is 26.0 Å². The first-order chi connectivity index (χ1) is 10.4. The van der Waals surface area contributed by atoms with E-state index in [-0.39, 0.29) is 11.6 Å². The second kappa shape index (κ2) is 5.23. The van der Waals surface area contributed by atoms with Crippen LogP contribution in [-0.2, 0) is 0 Å². The first kappa shape index (κ1) is 14.2. The van der Waals surface area contributed by atoms with E-state index in [0.29, 0.717) is 27.7 Å². The fraction of sp³-hybridized carbons (Fsp3) is 0.143. The zero-order chi connectivity index (χ0) is 15.9. The SMILES string of the molecule is Cc1cc(C(=O)Nc2nc3cc([N+](=O)[O-])ccc3s2)c(C)o1. The Hall–Kier alpha value is -2.74. The number of nitro benzene ring substituents is 1. The van der Waals surface area contributed by atoms with Gasteiger partial charge in [0.2, 0.25) is 0 Å². The number of anilines is 1. The van der Waals surface area contributed by atoms with Gasteiger partial charge in [-0.25, -0.2) is 4.98 Å². The van der Waals surface area contributed by atoms with Crippen LogP contribution in [0.2, 0.25) is 0 Å². The molecular weight excluding hydrogens is 306 g/mol. The highest BCUT2D eigenvalue weighted by molar-refractivity contribution is 7.22. The molecule has 1 N–H and O–H groups in total. The van der Waals surface area contributed by atoms with E-state index in [9.17, 15) is 14.9 Å². The molecule has 7 nitrogen and oxygen atoms in total. The Morgan fingerprint density at radius 1 is 1.36 bits per heavy atom. The number of rotatable bonds is 3. The third-order valence-electron chi connectivity index (χ3n) is 3.09. The van der Waals surface area contributed by atoms with E-state index >= 15 is 0 Å². The van der Waals surface area contributed by atoms with Crippen molar-refractivity contribution in [1.82, 2.24) is 4.98 Å². The minimum absolute atomic E-state index is 0.0306. The van der Waals surface area contributed by atoms with Crippen LogP contribution in [0.4, 0.5) is 10.8 Å². The molecule has 3 aromatic rings. The molecule has 0 radical (unpaired) electrons. The largest absolute Gasteiger partial charge is 0.466 e. The highest BCUT2D eigenvalue weighted by Gasteiger charge is 2.16. The van der Waals surface area contributed by atoms with E-state index < -0.39 is 4.92 Å². The summed E-state index contributed by atoms with van der Waals surface area (Å²) in [5, 5.41) is 13.8. The Labute approximate surface area is 128 Å². The van der Waals surface area contributed by atoms with Crippen molar-refractivity contribution in [3.63, 3.8) is 0 Å². The van der Waals surface area contributed by atoms with Crippen LogP contribution in [0.1, 0.15) is 21.9 Å². The zero-order valence-electron chi connectivity index (χ0n) is 11.7. The number of nitrogens with one attached hydrogen (secondary N) is 1. The van der Waals surface area contributed by atoms with Crippen LogP contribution in [0.25, 0.3) is 10.2 Å². The van der Waals surface area contributed by atoms with Gasteiger partial charge in [-0.3, -0.25) is 20.2 Å². The van der Waals surface area contributed by atoms with Gasteiger partial charge in [0.25, 0.3) is 11.6 Å². The molecule has 0 saturated heterocycles. The second-order valence-electron chi connectivity index (χ2n) is 4.71. The first-order valence-electron chi connectivity index (χ1n) is 6.37. The summed E-state index contributed by atoms with van der Waals surface area (Å²) in [6, 6.07) is 6.07. The maximum absolute atomic E-state index is 12.2. The minimum Gasteiger partial charge on any atom is -0.466 e. The average molecular weight is 317 g/mol. The van der Waals surface area contributed by atoms with Gasteiger partial charge in [0.1, 0.15) is 11.5 Å². The third-order valence-corrected chi connectivity index (χ3v) is 4.04. The number of carbonyl (C=O) groups is 1. The van der Waals surface area contributed by atoms with Crippen LogP contribution >= 0.6 is 11.3 Å². The molecule has 0 bridgehead atoms. The van der Waals surface area contributed by atoms with Crippen molar-refractivity contribution >= 4 is 38.3 Å². The molecular formula is C14H11N3O4S. The second-order valence-corrected chi connectivity index (χ2v) is 5.74. The van der Waals surface area contributed by atoms with Crippen LogP contribution < -0.4 is 5.32 Å². The van der Waals surface area contributed by atoms with E-state index in [4.69, 9.17) is 4.42 Å². The molecule has 0 unspecified atom stereocenters. The van der Waals surface area contributed by atoms with Gasteiger partial charge in [-0.1, -0.05) is 11.3 Å². The molecule has 1 aromatic carbocycles. The fourth-order valence-electron chi connectivity index (χ4n) is 2.10. The summed E-state index contributed by atoms with van der Waals surface area (Å²) in [6.07, 6.45) is 0. The van der Waals surface area contributed by atoms with Gasteiger partial charge >= 0.3 is 0 Å². The molecule has 22 heavy (non-hydrogen) atoms. The quantitative estimate of drug-likeness (QED) is 0.587. The molecule has 0 aliphatic carbocycles. The van der Waals surface area contributed by atoms with Crippen molar-refractivity contribution in [3.05, 3.63) is 51.5 Å². The van der Waals surface area contributed by atoms with Crippen molar-refractivity contribution in [2.24, 2.45) is 0 Å². The van der Waals surface area contributed by atoms with Gasteiger partial charge in [-0.05, 0) is 26.0 Å². The topological polar surface area (TPSA) is 98.3 Å². The number of hydrogen-bond donors (Lipinski definition) is 1. The number of carbonyl (C=O) groups excluding carboxylic acids is 1. The lowest BCUT2D eigenvalue weighted by Gasteiger charge is -1.98. The lowest BCUT2D eigenvalue weighted by molar-refractivity contribution is -0.384. The van der Waals surface area contributed by atoms with Crippen LogP contribution in [0.3, 0.4) is 0 Å². The van der Waals surface area contributed by atoms with Gasteiger partial charge in [-0.2, -0.15) is 0 Å². The maximum Gasteiger partial charge on any atom is 0.271 e. The number of aryl methyl sites for hydroxylation is 2. The van der Waals surface area contributed by atoms with Crippen molar-refractivity contribution in [3.8, 4) is 0 Å². The molecule has 0 aliphatic rings. The van der Waals surface area contributed by atoms with Crippen LogP contribution in [0, 0.1) is 24.0 Å². The number of benzene rings is 1. The number of hydrogen-bond acceptors (Lipinski definition) is 6. The molecule has 112 valence electrons. The van der Waals surface area contributed by atoms with Crippen LogP contribution in [0.15, 0.2) is 28.7 Å². The Bertz CT molecular complexity index is 897. The predicted molar refractivity (Wildman–Crippen MR) is 82.4 cm³/mol. The molecule has 8 heteroatoms. The zero-order valence-corrected chi connectivity index (χ0v) is 12.6. The summed E-state index contributed by atoms with van der Waals surface area (Å²) < 4.78 is 6.09. The summed E-state index contributed by atoms with van der Waals surface area (Å²) in [5.74, 6) is 0.872. The lowest BCUT2D eigenvalue weighted by atomic mass is 10.2. The van der Waals surface area contributed by atoms with Crippen molar-refractivity contribution in [2.45, 2.75) is 13.8 Å². The van der Waals surface area contributed by atoms with Gasteiger partial charge in [0.15, 0.2) is 5.13 Å². The van der Waals surface area contributed by atoms with Gasteiger partial charge in [0.05, 0.1) is 20.7 Å². The van der Waals surface area contributed by atoms with E-state index in [0.717, 1.165) is 4.70 Å². The summed E-state index contributed by atoms with van der Waals surface area (Å²) in [5.41, 5.74) is 0.898. The first-order valence-corrected chi connectivity index (χ1v) is 7.19. The maximum atomic E-state index is 12.2. The number of nitrogens with zero attached hydrogens (tertiary/aromatic N) is 2. The number of thiazole rings is 1. The molecule has 0 fully saturated rings. The number of amides is 1. The third kappa shape index (κ3) is 2.56. The molecule has 0 atom stereocenters. The van der Waals surface area contributed by atoms with E-state index in [1.807, 2.05) is 0 Å². The fourth-order valence-corrected chi connectivity index (χ4v) is 2.94. The number of furan rings is 1. The van der Waals surface area contributed by atoms with Crippen molar-refractivity contribution in [1.29, 1.82) is 0 Å². The minimum atomic E-state index is -0.478. The average Bonchev–Trinajstić information content (AvgIpc) is 2.99. The van der Waals surface area contributed by atoms with Crippen molar-refractivity contribution in [2.75, 3.05) is 5.32 Å². The molecule has 0 spiro atoms. The Balaban J connectivity index is 1.89. The van der Waals surface area contributed by atoms with Crippen LogP contribution in [0.5, 0.6) is 0 Å². The Morgan fingerprint density at radius 2 is 2.14 bits per heavy atom. The molecule has 1 amide bonds. The highest BCUT2D eigenvalue weighted by Crippen LogP contribution is 2.29. The molecule has 0 saturated carbocycles. The number of aromatic nitrogens is 1. The Morgan fingerprint density at radius 3 is 2.77 bits per heavy atom. The van der Waals surface area contributed by atoms with E-state index in [2.05, 4.69) is 10.3 Å². The number of fused-ring (bicyclic) bond motifs is 1. The van der Waals surface area contributed by atoms with Crippen molar-refractivity contribution < 1.29 is 14.1 Å². The molecule has 2 heterocycles.